The third-order valence-corrected chi connectivity index (χ3v) is 4.38. The van der Waals surface area contributed by atoms with Crippen LogP contribution in [0.5, 0.6) is 0 Å². The number of para-hydroxylation sites is 1. The van der Waals surface area contributed by atoms with Crippen molar-refractivity contribution in [3.63, 3.8) is 0 Å². The van der Waals surface area contributed by atoms with Crippen LogP contribution in [0.2, 0.25) is 5.02 Å². The highest BCUT2D eigenvalue weighted by atomic mass is 35.5. The highest BCUT2D eigenvalue weighted by molar-refractivity contribution is 6.30. The molecule has 1 amide bonds. The number of nitrogens with zero attached hydrogens (tertiary/aromatic N) is 4. The molecular formula is C21H19ClN8O. The number of benzene rings is 2. The Bertz CT molecular complexity index is 1180. The van der Waals surface area contributed by atoms with Gasteiger partial charge in [0.1, 0.15) is 5.82 Å². The topological polar surface area (TPSA) is 121 Å². The van der Waals surface area contributed by atoms with Crippen molar-refractivity contribution in [2.75, 3.05) is 16.0 Å². The molecular weight excluding hydrogens is 416 g/mol. The van der Waals surface area contributed by atoms with Crippen LogP contribution in [0, 0.1) is 6.92 Å². The van der Waals surface area contributed by atoms with E-state index in [0.717, 1.165) is 11.4 Å². The summed E-state index contributed by atoms with van der Waals surface area (Å²) in [5, 5.41) is 16.6. The third kappa shape index (κ3) is 5.77. The van der Waals surface area contributed by atoms with Crippen LogP contribution < -0.4 is 16.0 Å². The van der Waals surface area contributed by atoms with Crippen LogP contribution in [0.3, 0.4) is 0 Å². The molecule has 0 aliphatic rings. The number of rotatable bonds is 7. The van der Waals surface area contributed by atoms with Crippen molar-refractivity contribution in [3.05, 3.63) is 77.2 Å². The van der Waals surface area contributed by atoms with Gasteiger partial charge in [-0.05, 0) is 43.3 Å². The summed E-state index contributed by atoms with van der Waals surface area (Å²) in [5.41, 5.74) is 2.19. The van der Waals surface area contributed by atoms with Gasteiger partial charge in [0.05, 0.1) is 6.42 Å². The Hall–Kier alpha value is -3.98. The molecule has 0 radical (unpaired) electrons. The summed E-state index contributed by atoms with van der Waals surface area (Å²) in [6, 6.07) is 18.2. The highest BCUT2D eigenvalue weighted by Gasteiger charge is 2.10. The monoisotopic (exact) mass is 434 g/mol. The maximum Gasteiger partial charge on any atom is 0.233 e. The molecule has 0 unspecified atom stereocenters. The molecule has 2 heterocycles. The van der Waals surface area contributed by atoms with Gasteiger partial charge in [-0.25, -0.2) is 0 Å². The largest absolute Gasteiger partial charge is 0.326 e. The number of amides is 1. The van der Waals surface area contributed by atoms with Gasteiger partial charge >= 0.3 is 0 Å². The molecule has 4 rings (SSSR count). The molecule has 0 saturated carbocycles. The van der Waals surface area contributed by atoms with Crippen molar-refractivity contribution in [1.29, 1.82) is 0 Å². The van der Waals surface area contributed by atoms with Crippen molar-refractivity contribution >= 4 is 46.6 Å². The maximum atomic E-state index is 12.2. The molecule has 0 fully saturated rings. The fourth-order valence-electron chi connectivity index (χ4n) is 2.79. The number of anilines is 5. The van der Waals surface area contributed by atoms with Crippen LogP contribution in [-0.2, 0) is 11.2 Å². The van der Waals surface area contributed by atoms with E-state index < -0.39 is 0 Å². The predicted molar refractivity (Wildman–Crippen MR) is 120 cm³/mol. The number of hydrogen-bond acceptors (Lipinski definition) is 7. The smallest absolute Gasteiger partial charge is 0.233 e. The number of aromatic nitrogens is 5. The second kappa shape index (κ2) is 9.23. The zero-order valence-corrected chi connectivity index (χ0v) is 17.3. The van der Waals surface area contributed by atoms with Gasteiger partial charge in [0.25, 0.3) is 0 Å². The van der Waals surface area contributed by atoms with E-state index in [1.165, 1.54) is 0 Å². The summed E-state index contributed by atoms with van der Waals surface area (Å²) in [4.78, 5) is 25.1. The second-order valence-electron chi connectivity index (χ2n) is 6.66. The molecule has 0 saturated heterocycles. The van der Waals surface area contributed by atoms with Gasteiger partial charge in [0.2, 0.25) is 17.8 Å². The molecule has 10 heteroatoms. The lowest BCUT2D eigenvalue weighted by Gasteiger charge is -2.07. The quantitative estimate of drug-likeness (QED) is 0.343. The van der Waals surface area contributed by atoms with Crippen molar-refractivity contribution in [3.8, 4) is 0 Å². The van der Waals surface area contributed by atoms with Gasteiger partial charge in [0, 0.05) is 28.2 Å². The van der Waals surface area contributed by atoms with Crippen molar-refractivity contribution in [1.82, 2.24) is 25.1 Å². The van der Waals surface area contributed by atoms with Gasteiger partial charge in [-0.3, -0.25) is 9.89 Å². The average molecular weight is 435 g/mol. The van der Waals surface area contributed by atoms with E-state index in [1.807, 2.05) is 42.5 Å². The molecule has 0 spiro atoms. The number of hydrogen-bond donors (Lipinski definition) is 4. The summed E-state index contributed by atoms with van der Waals surface area (Å²) < 4.78 is 0. The first-order valence-corrected chi connectivity index (χ1v) is 9.83. The van der Waals surface area contributed by atoms with Crippen molar-refractivity contribution < 1.29 is 4.79 Å². The standard InChI is InChI=1S/C21H19ClN8O/c1-13-23-20(26-16-9-7-14(22)8-10-16)28-21(24-13)27-18-11-17(29-30-18)12-19(31)25-15-5-3-2-4-6-15/h2-11H,12H2,1H3,(H,25,31)(H3,23,24,26,27,28,29,30). The Morgan fingerprint density at radius 3 is 2.39 bits per heavy atom. The minimum absolute atomic E-state index is 0.146. The van der Waals surface area contributed by atoms with E-state index in [0.29, 0.717) is 34.3 Å². The van der Waals surface area contributed by atoms with E-state index in [2.05, 4.69) is 41.1 Å². The number of aryl methyl sites for hydroxylation is 1. The Labute approximate surface area is 183 Å². The number of carbonyl (C=O) groups excluding carboxylic acids is 1. The molecule has 2 aromatic heterocycles. The highest BCUT2D eigenvalue weighted by Crippen LogP contribution is 2.19. The van der Waals surface area contributed by atoms with Crippen LogP contribution in [0.4, 0.5) is 29.1 Å². The molecule has 0 aliphatic heterocycles. The Balaban J connectivity index is 1.40. The van der Waals surface area contributed by atoms with Gasteiger partial charge in [-0.2, -0.15) is 20.1 Å². The zero-order valence-electron chi connectivity index (χ0n) is 16.6. The fourth-order valence-corrected chi connectivity index (χ4v) is 2.91. The first-order valence-electron chi connectivity index (χ1n) is 9.45. The number of H-pyrrole nitrogens is 1. The first kappa shape index (κ1) is 20.3. The summed E-state index contributed by atoms with van der Waals surface area (Å²) in [6.07, 6.45) is 0.156. The summed E-state index contributed by atoms with van der Waals surface area (Å²) >= 11 is 5.92. The van der Waals surface area contributed by atoms with Gasteiger partial charge in [-0.1, -0.05) is 29.8 Å². The lowest BCUT2D eigenvalue weighted by molar-refractivity contribution is -0.115. The lowest BCUT2D eigenvalue weighted by atomic mass is 10.2. The van der Waals surface area contributed by atoms with E-state index in [1.54, 1.807) is 25.1 Å². The zero-order chi connectivity index (χ0) is 21.6. The molecule has 2 aromatic carbocycles. The lowest BCUT2D eigenvalue weighted by Crippen LogP contribution is -2.14. The van der Waals surface area contributed by atoms with Crippen molar-refractivity contribution in [2.45, 2.75) is 13.3 Å². The van der Waals surface area contributed by atoms with Crippen LogP contribution in [-0.4, -0.2) is 31.1 Å². The molecule has 31 heavy (non-hydrogen) atoms. The van der Waals surface area contributed by atoms with Crippen molar-refractivity contribution in [2.24, 2.45) is 0 Å². The Kier molecular flexibility index (Phi) is 6.04. The summed E-state index contributed by atoms with van der Waals surface area (Å²) in [6.45, 7) is 1.77. The van der Waals surface area contributed by atoms with E-state index >= 15 is 0 Å². The van der Waals surface area contributed by atoms with Gasteiger partial charge < -0.3 is 16.0 Å². The molecule has 4 N–H and O–H groups in total. The summed E-state index contributed by atoms with van der Waals surface area (Å²) in [5.74, 6) is 1.59. The minimum atomic E-state index is -0.146. The van der Waals surface area contributed by atoms with Crippen LogP contribution in [0.25, 0.3) is 0 Å². The Morgan fingerprint density at radius 1 is 0.935 bits per heavy atom. The molecule has 0 aliphatic carbocycles. The van der Waals surface area contributed by atoms with Crippen LogP contribution >= 0.6 is 11.6 Å². The van der Waals surface area contributed by atoms with E-state index in [4.69, 9.17) is 11.6 Å². The van der Waals surface area contributed by atoms with E-state index in [9.17, 15) is 4.79 Å². The molecule has 0 atom stereocenters. The molecule has 156 valence electrons. The third-order valence-electron chi connectivity index (χ3n) is 4.13. The van der Waals surface area contributed by atoms with Crippen LogP contribution in [0.15, 0.2) is 60.7 Å². The second-order valence-corrected chi connectivity index (χ2v) is 7.09. The first-order chi connectivity index (χ1) is 15.0. The minimum Gasteiger partial charge on any atom is -0.326 e. The van der Waals surface area contributed by atoms with Gasteiger partial charge in [-0.15, -0.1) is 0 Å². The normalized spacial score (nSPS) is 10.5. The molecule has 0 bridgehead atoms. The number of carbonyl (C=O) groups is 1. The van der Waals surface area contributed by atoms with E-state index in [-0.39, 0.29) is 12.3 Å². The average Bonchev–Trinajstić information content (AvgIpc) is 3.16. The SMILES string of the molecule is Cc1nc(Nc2ccc(Cl)cc2)nc(Nc2cc(CC(=O)Nc3ccccc3)[nH]n2)n1. The predicted octanol–water partition coefficient (Wildman–Crippen LogP) is 4.22. The number of aromatic amines is 1. The molecule has 9 nitrogen and oxygen atoms in total. The van der Waals surface area contributed by atoms with Gasteiger partial charge in [0.15, 0.2) is 5.82 Å². The number of nitrogens with one attached hydrogen (secondary N) is 4. The Morgan fingerprint density at radius 2 is 1.65 bits per heavy atom. The van der Waals surface area contributed by atoms with Crippen LogP contribution in [0.1, 0.15) is 11.5 Å². The summed E-state index contributed by atoms with van der Waals surface area (Å²) in [7, 11) is 0. The number of halogens is 1. The maximum absolute atomic E-state index is 12.2. The molecule has 4 aromatic rings. The fraction of sp³-hybridized carbons (Fsp3) is 0.0952.